The molecule has 190 valence electrons. The average molecular weight is 485 g/mol. The van der Waals surface area contributed by atoms with Crippen LogP contribution in [0.15, 0.2) is 12.2 Å². The topological polar surface area (TPSA) is 178 Å². The number of ether oxygens (including phenoxy) is 3. The van der Waals surface area contributed by atoms with Crippen molar-refractivity contribution in [3.8, 4) is 0 Å². The molecule has 0 heterocycles. The largest absolute Gasteiger partial charge is 0.447 e. The Morgan fingerprint density at radius 1 is 0.853 bits per heavy atom. The van der Waals surface area contributed by atoms with Crippen LogP contribution in [0.2, 0.25) is 0 Å². The Hall–Kier alpha value is -3.48. The molecule has 13 heteroatoms. The molecule has 4 N–H and O–H groups in total. The summed E-state index contributed by atoms with van der Waals surface area (Å²) in [6.45, 7) is 0.319. The Kier molecular flexibility index (Phi) is 13.6. The van der Waals surface area contributed by atoms with Gasteiger partial charge in [-0.2, -0.15) is 0 Å². The van der Waals surface area contributed by atoms with E-state index in [2.05, 4.69) is 21.3 Å². The number of allylic oxidation sites excluding steroid dienone is 2. The Morgan fingerprint density at radius 2 is 1.35 bits per heavy atom. The van der Waals surface area contributed by atoms with E-state index < -0.39 is 24.2 Å². The van der Waals surface area contributed by atoms with Crippen LogP contribution in [-0.4, -0.2) is 88.7 Å². The third-order valence-electron chi connectivity index (χ3n) is 4.64. The van der Waals surface area contributed by atoms with Gasteiger partial charge >= 0.3 is 12.2 Å². The standard InChI is InChI=1S/C21H32N4O9/c1-22-20(30)33-12-14(13-34-21(31)23-2)32-11-3-4-18(28)24-9-10-25-19(29)8-5-15-16(26)6-7-17(15)27/h6-7,14-15H,3-5,8-13H2,1-2H3,(H,22,30)(H,23,31)(H,24,28)(H,25,29). The van der Waals surface area contributed by atoms with E-state index in [9.17, 15) is 28.8 Å². The van der Waals surface area contributed by atoms with Gasteiger partial charge < -0.3 is 35.5 Å². The fraction of sp³-hybridized carbons (Fsp3) is 0.619. The van der Waals surface area contributed by atoms with Crippen LogP contribution in [0, 0.1) is 5.92 Å². The molecule has 0 spiro atoms. The first-order valence-corrected chi connectivity index (χ1v) is 10.9. The monoisotopic (exact) mass is 484 g/mol. The molecule has 1 rings (SSSR count). The van der Waals surface area contributed by atoms with Crippen LogP contribution in [0.25, 0.3) is 0 Å². The van der Waals surface area contributed by atoms with Crippen molar-refractivity contribution in [2.24, 2.45) is 5.92 Å². The van der Waals surface area contributed by atoms with Gasteiger partial charge in [0, 0.05) is 46.6 Å². The third-order valence-corrected chi connectivity index (χ3v) is 4.64. The zero-order valence-electron chi connectivity index (χ0n) is 19.3. The molecule has 0 aromatic rings. The first-order valence-electron chi connectivity index (χ1n) is 10.9. The van der Waals surface area contributed by atoms with E-state index in [4.69, 9.17) is 14.2 Å². The number of amides is 4. The summed E-state index contributed by atoms with van der Waals surface area (Å²) in [5.74, 6) is -1.88. The van der Waals surface area contributed by atoms with Crippen molar-refractivity contribution in [1.29, 1.82) is 0 Å². The van der Waals surface area contributed by atoms with Gasteiger partial charge in [0.1, 0.15) is 19.3 Å². The fourth-order valence-electron chi connectivity index (χ4n) is 2.79. The predicted octanol–water partition coefficient (Wildman–Crippen LogP) is -0.799. The summed E-state index contributed by atoms with van der Waals surface area (Å²) in [7, 11) is 2.81. The molecule has 13 nitrogen and oxygen atoms in total. The smallest absolute Gasteiger partial charge is 0.406 e. The second-order valence-corrected chi connectivity index (χ2v) is 7.22. The van der Waals surface area contributed by atoms with Gasteiger partial charge in [-0.15, -0.1) is 0 Å². The summed E-state index contributed by atoms with van der Waals surface area (Å²) < 4.78 is 15.3. The molecule has 0 atom stereocenters. The normalized spacial score (nSPS) is 13.0. The number of hydrogen-bond acceptors (Lipinski definition) is 9. The molecule has 0 radical (unpaired) electrons. The quantitative estimate of drug-likeness (QED) is 0.171. The zero-order valence-corrected chi connectivity index (χ0v) is 19.3. The number of rotatable bonds is 15. The molecule has 0 aromatic heterocycles. The molecule has 0 fully saturated rings. The maximum absolute atomic E-state index is 11.9. The molecule has 34 heavy (non-hydrogen) atoms. The van der Waals surface area contributed by atoms with Gasteiger partial charge in [-0.25, -0.2) is 9.59 Å². The maximum atomic E-state index is 11.9. The van der Waals surface area contributed by atoms with Gasteiger partial charge in [0.25, 0.3) is 0 Å². The van der Waals surface area contributed by atoms with Crippen LogP contribution >= 0.6 is 0 Å². The highest BCUT2D eigenvalue weighted by molar-refractivity contribution is 6.18. The van der Waals surface area contributed by atoms with E-state index in [-0.39, 0.29) is 75.6 Å². The summed E-state index contributed by atoms with van der Waals surface area (Å²) in [5, 5.41) is 9.84. The molecule has 1 aliphatic rings. The summed E-state index contributed by atoms with van der Waals surface area (Å²) in [5.41, 5.74) is 0. The molecule has 1 aliphatic carbocycles. The van der Waals surface area contributed by atoms with Crippen molar-refractivity contribution < 1.29 is 43.0 Å². The molecular formula is C21H32N4O9. The zero-order chi connectivity index (χ0) is 25.3. The molecule has 0 saturated heterocycles. The molecule has 0 bridgehead atoms. The van der Waals surface area contributed by atoms with Crippen molar-refractivity contribution in [2.45, 2.75) is 31.8 Å². The van der Waals surface area contributed by atoms with E-state index in [0.29, 0.717) is 6.42 Å². The lowest BCUT2D eigenvalue weighted by atomic mass is 9.99. The van der Waals surface area contributed by atoms with Crippen LogP contribution in [0.4, 0.5) is 9.59 Å². The van der Waals surface area contributed by atoms with Crippen LogP contribution in [0.3, 0.4) is 0 Å². The Morgan fingerprint density at radius 3 is 1.85 bits per heavy atom. The molecule has 0 aromatic carbocycles. The van der Waals surface area contributed by atoms with Crippen molar-refractivity contribution in [1.82, 2.24) is 21.3 Å². The average Bonchev–Trinajstić information content (AvgIpc) is 3.15. The van der Waals surface area contributed by atoms with Gasteiger partial charge in [0.15, 0.2) is 11.6 Å². The van der Waals surface area contributed by atoms with Crippen LogP contribution in [0.5, 0.6) is 0 Å². The van der Waals surface area contributed by atoms with Crippen LogP contribution < -0.4 is 21.3 Å². The second-order valence-electron chi connectivity index (χ2n) is 7.22. The minimum Gasteiger partial charge on any atom is -0.447 e. The molecule has 0 aliphatic heterocycles. The van der Waals surface area contributed by atoms with Crippen molar-refractivity contribution in [3.05, 3.63) is 12.2 Å². The number of ketones is 2. The summed E-state index contributed by atoms with van der Waals surface area (Å²) in [6, 6.07) is 0. The predicted molar refractivity (Wildman–Crippen MR) is 118 cm³/mol. The molecule has 0 saturated carbocycles. The lowest BCUT2D eigenvalue weighted by Gasteiger charge is -2.17. The minimum atomic E-state index is -0.766. The van der Waals surface area contributed by atoms with Crippen molar-refractivity contribution >= 4 is 35.6 Å². The second kappa shape index (κ2) is 16.2. The van der Waals surface area contributed by atoms with Crippen LogP contribution in [-0.2, 0) is 33.4 Å². The highest BCUT2D eigenvalue weighted by atomic mass is 16.6. The van der Waals surface area contributed by atoms with Gasteiger partial charge in [0.05, 0.1) is 5.92 Å². The molecule has 0 unspecified atom stereocenters. The minimum absolute atomic E-state index is 0.0452. The van der Waals surface area contributed by atoms with Gasteiger partial charge in [0.2, 0.25) is 11.8 Å². The Labute approximate surface area is 197 Å². The lowest BCUT2D eigenvalue weighted by Crippen LogP contribution is -2.35. The third kappa shape index (κ3) is 11.9. The number of carbonyl (C=O) groups is 6. The molecule has 4 amide bonds. The summed E-state index contributed by atoms with van der Waals surface area (Å²) in [6.07, 6.45) is 1.17. The number of hydrogen-bond donors (Lipinski definition) is 4. The highest BCUT2D eigenvalue weighted by Crippen LogP contribution is 2.16. The molecular weight excluding hydrogens is 452 g/mol. The van der Waals surface area contributed by atoms with Crippen molar-refractivity contribution in [2.75, 3.05) is 47.0 Å². The number of alkyl carbamates (subject to hydrolysis) is 2. The van der Waals surface area contributed by atoms with E-state index in [0.717, 1.165) is 0 Å². The Bertz CT molecular complexity index is 731. The summed E-state index contributed by atoms with van der Waals surface area (Å²) >= 11 is 0. The number of carbonyl (C=O) groups excluding carboxylic acids is 6. The first-order chi connectivity index (χ1) is 16.3. The SMILES string of the molecule is CNC(=O)OCC(COC(=O)NC)OCCCC(=O)NCCNC(=O)CCC1C(=O)C=CC1=O. The highest BCUT2D eigenvalue weighted by Gasteiger charge is 2.28. The fourth-order valence-corrected chi connectivity index (χ4v) is 2.79. The summed E-state index contributed by atoms with van der Waals surface area (Å²) in [4.78, 5) is 69.1. The van der Waals surface area contributed by atoms with E-state index >= 15 is 0 Å². The maximum Gasteiger partial charge on any atom is 0.406 e. The van der Waals surface area contributed by atoms with Gasteiger partial charge in [-0.3, -0.25) is 19.2 Å². The van der Waals surface area contributed by atoms with Gasteiger partial charge in [-0.1, -0.05) is 0 Å². The first kappa shape index (κ1) is 28.6. The van der Waals surface area contributed by atoms with E-state index in [1.165, 1.54) is 26.2 Å². The Balaban J connectivity index is 2.15. The van der Waals surface area contributed by atoms with Gasteiger partial charge in [-0.05, 0) is 25.0 Å². The van der Waals surface area contributed by atoms with Crippen molar-refractivity contribution in [3.63, 3.8) is 0 Å². The lowest BCUT2D eigenvalue weighted by molar-refractivity contribution is -0.127. The van der Waals surface area contributed by atoms with Crippen LogP contribution in [0.1, 0.15) is 25.7 Å². The van der Waals surface area contributed by atoms with E-state index in [1.807, 2.05) is 0 Å². The number of nitrogens with one attached hydrogen (secondary N) is 4. The van der Waals surface area contributed by atoms with E-state index in [1.54, 1.807) is 0 Å².